The molecule has 1 aromatic rings. The van der Waals surface area contributed by atoms with E-state index in [1.165, 1.54) is 5.56 Å². The molecule has 22 heavy (non-hydrogen) atoms. The molecule has 2 aliphatic rings. The molecular formula is C18H26O3S. The van der Waals surface area contributed by atoms with E-state index in [4.69, 9.17) is 0 Å². The molecule has 2 aliphatic heterocycles. The lowest BCUT2D eigenvalue weighted by Crippen LogP contribution is -2.52. The molecule has 0 aromatic heterocycles. The molecule has 1 aromatic carbocycles. The summed E-state index contributed by atoms with van der Waals surface area (Å²) in [7, 11) is -3.01. The summed E-state index contributed by atoms with van der Waals surface area (Å²) >= 11 is 0. The monoisotopic (exact) mass is 322 g/mol. The Morgan fingerprint density at radius 2 is 1.68 bits per heavy atom. The first-order valence-electron chi connectivity index (χ1n) is 8.34. The minimum absolute atomic E-state index is 0.333. The number of rotatable bonds is 3. The predicted octanol–water partition coefficient (Wildman–Crippen LogP) is 3.21. The number of aliphatic hydroxyl groups is 1. The summed E-state index contributed by atoms with van der Waals surface area (Å²) in [6.45, 7) is 4.32. The van der Waals surface area contributed by atoms with E-state index in [2.05, 4.69) is 38.1 Å². The Balaban J connectivity index is 1.77. The second-order valence-corrected chi connectivity index (χ2v) is 9.98. The van der Waals surface area contributed by atoms with Crippen LogP contribution < -0.4 is 0 Å². The summed E-state index contributed by atoms with van der Waals surface area (Å²) in [6, 6.07) is 8.38. The van der Waals surface area contributed by atoms with Crippen molar-refractivity contribution in [2.24, 2.45) is 0 Å². The fourth-order valence-corrected chi connectivity index (χ4v) is 6.71. The smallest absolute Gasteiger partial charge is 0.156 e. The van der Waals surface area contributed by atoms with Gasteiger partial charge in [0.15, 0.2) is 9.84 Å². The topological polar surface area (TPSA) is 54.4 Å². The maximum absolute atomic E-state index is 12.3. The molecule has 3 rings (SSSR count). The summed E-state index contributed by atoms with van der Waals surface area (Å²) in [5.41, 5.74) is 1.53. The molecule has 2 unspecified atom stereocenters. The molecule has 0 saturated carbocycles. The maximum Gasteiger partial charge on any atom is 0.156 e. The van der Waals surface area contributed by atoms with Gasteiger partial charge in [-0.1, -0.05) is 44.5 Å². The lowest BCUT2D eigenvalue weighted by Gasteiger charge is -2.44. The van der Waals surface area contributed by atoms with Crippen LogP contribution in [0.15, 0.2) is 24.3 Å². The van der Waals surface area contributed by atoms with Crippen LogP contribution in [-0.4, -0.2) is 29.6 Å². The van der Waals surface area contributed by atoms with E-state index in [0.717, 1.165) is 12.0 Å². The van der Waals surface area contributed by atoms with Gasteiger partial charge in [-0.15, -0.1) is 0 Å². The highest BCUT2D eigenvalue weighted by molar-refractivity contribution is 7.92. The van der Waals surface area contributed by atoms with E-state index in [1.54, 1.807) is 0 Å². The fourth-order valence-electron chi connectivity index (χ4n) is 4.09. The van der Waals surface area contributed by atoms with E-state index >= 15 is 0 Å². The van der Waals surface area contributed by atoms with Crippen molar-refractivity contribution in [2.45, 2.75) is 74.4 Å². The van der Waals surface area contributed by atoms with Crippen LogP contribution in [0.1, 0.15) is 63.0 Å². The second-order valence-electron chi connectivity index (χ2n) is 7.47. The molecule has 122 valence electrons. The predicted molar refractivity (Wildman–Crippen MR) is 88.8 cm³/mol. The van der Waals surface area contributed by atoms with Crippen LogP contribution >= 0.6 is 0 Å². The molecule has 2 atom stereocenters. The van der Waals surface area contributed by atoms with Crippen molar-refractivity contribution in [1.82, 2.24) is 0 Å². The second kappa shape index (κ2) is 5.64. The molecular weight excluding hydrogens is 296 g/mol. The summed E-state index contributed by atoms with van der Waals surface area (Å²) < 4.78 is 24.7. The van der Waals surface area contributed by atoms with Gasteiger partial charge in [0.25, 0.3) is 0 Å². The average molecular weight is 322 g/mol. The largest absolute Gasteiger partial charge is 0.389 e. The van der Waals surface area contributed by atoms with Crippen LogP contribution in [0.2, 0.25) is 0 Å². The number of sulfone groups is 1. The van der Waals surface area contributed by atoms with E-state index < -0.39 is 15.4 Å². The van der Waals surface area contributed by atoms with Gasteiger partial charge in [-0.25, -0.2) is 8.42 Å². The third kappa shape index (κ3) is 2.95. The first-order chi connectivity index (χ1) is 10.3. The van der Waals surface area contributed by atoms with Gasteiger partial charge in [0.2, 0.25) is 0 Å². The van der Waals surface area contributed by atoms with E-state index in [9.17, 15) is 13.5 Å². The Morgan fingerprint density at radius 3 is 2.18 bits per heavy atom. The quantitative estimate of drug-likeness (QED) is 0.929. The summed E-state index contributed by atoms with van der Waals surface area (Å²) in [6.07, 6.45) is 3.78. The van der Waals surface area contributed by atoms with Gasteiger partial charge in [0.05, 0.1) is 16.1 Å². The third-order valence-corrected chi connectivity index (χ3v) is 8.04. The van der Waals surface area contributed by atoms with Crippen LogP contribution in [0.3, 0.4) is 0 Å². The lowest BCUT2D eigenvalue weighted by atomic mass is 9.81. The Labute approximate surface area is 133 Å². The standard InChI is InChI=1S/C18H26O3S/c1-13(2)15-8-6-14(7-9-15)10-18(19)11-16-4-3-5-17(12-18)22(16,20)21/h6-9,13,16-17,19H,3-5,10-12H2,1-2H3. The zero-order chi connectivity index (χ0) is 16.0. The molecule has 3 nitrogen and oxygen atoms in total. The number of fused-ring (bicyclic) bond motifs is 2. The Bertz CT molecular complexity index is 611. The highest BCUT2D eigenvalue weighted by Gasteiger charge is 2.50. The number of benzene rings is 1. The molecule has 2 heterocycles. The van der Waals surface area contributed by atoms with E-state index in [-0.39, 0.29) is 10.5 Å². The van der Waals surface area contributed by atoms with Crippen molar-refractivity contribution in [2.75, 3.05) is 0 Å². The van der Waals surface area contributed by atoms with Gasteiger partial charge in [0.1, 0.15) is 0 Å². The van der Waals surface area contributed by atoms with E-state index in [0.29, 0.717) is 38.0 Å². The van der Waals surface area contributed by atoms with Crippen molar-refractivity contribution in [3.05, 3.63) is 35.4 Å². The Kier molecular flexibility index (Phi) is 4.11. The first-order valence-corrected chi connectivity index (χ1v) is 9.95. The van der Waals surface area contributed by atoms with Gasteiger partial charge >= 0.3 is 0 Å². The molecule has 4 heteroatoms. The average Bonchev–Trinajstić information content (AvgIpc) is 2.41. The molecule has 2 fully saturated rings. The number of hydrogen-bond acceptors (Lipinski definition) is 3. The highest BCUT2D eigenvalue weighted by Crippen LogP contribution is 2.42. The third-order valence-electron chi connectivity index (χ3n) is 5.38. The van der Waals surface area contributed by atoms with Crippen molar-refractivity contribution in [3.8, 4) is 0 Å². The van der Waals surface area contributed by atoms with Crippen LogP contribution in [0.25, 0.3) is 0 Å². The molecule has 0 radical (unpaired) electrons. The van der Waals surface area contributed by atoms with Crippen molar-refractivity contribution in [1.29, 1.82) is 0 Å². The van der Waals surface area contributed by atoms with Crippen LogP contribution in [0, 0.1) is 0 Å². The highest BCUT2D eigenvalue weighted by atomic mass is 32.2. The minimum atomic E-state index is -3.01. The molecule has 2 saturated heterocycles. The summed E-state index contributed by atoms with van der Waals surface area (Å²) in [5.74, 6) is 0.497. The SMILES string of the molecule is CC(C)c1ccc(CC2(O)CC3CCCC(C2)S3(=O)=O)cc1. The first kappa shape index (κ1) is 16.0. The lowest BCUT2D eigenvalue weighted by molar-refractivity contribution is 0.00989. The van der Waals surface area contributed by atoms with Gasteiger partial charge < -0.3 is 5.11 Å². The normalized spacial score (nSPS) is 33.8. The summed E-state index contributed by atoms with van der Waals surface area (Å²) in [4.78, 5) is 0. The molecule has 2 bridgehead atoms. The molecule has 1 N–H and O–H groups in total. The van der Waals surface area contributed by atoms with Crippen LogP contribution in [0.5, 0.6) is 0 Å². The minimum Gasteiger partial charge on any atom is -0.389 e. The summed E-state index contributed by atoms with van der Waals surface area (Å²) in [5, 5.41) is 10.3. The van der Waals surface area contributed by atoms with E-state index in [1.807, 2.05) is 0 Å². The zero-order valence-corrected chi connectivity index (χ0v) is 14.3. The maximum atomic E-state index is 12.3. The molecule has 0 aliphatic carbocycles. The number of hydrogen-bond donors (Lipinski definition) is 1. The van der Waals surface area contributed by atoms with Crippen LogP contribution in [0.4, 0.5) is 0 Å². The molecule has 0 spiro atoms. The van der Waals surface area contributed by atoms with Crippen molar-refractivity contribution < 1.29 is 13.5 Å². The van der Waals surface area contributed by atoms with Gasteiger partial charge in [-0.05, 0) is 42.7 Å². The van der Waals surface area contributed by atoms with Gasteiger partial charge in [-0.3, -0.25) is 0 Å². The van der Waals surface area contributed by atoms with Gasteiger partial charge in [-0.2, -0.15) is 0 Å². The zero-order valence-electron chi connectivity index (χ0n) is 13.5. The Hall–Kier alpha value is -0.870. The van der Waals surface area contributed by atoms with Gasteiger partial charge in [0, 0.05) is 6.42 Å². The van der Waals surface area contributed by atoms with Crippen molar-refractivity contribution in [3.63, 3.8) is 0 Å². The van der Waals surface area contributed by atoms with Crippen LogP contribution in [-0.2, 0) is 16.3 Å². The molecule has 0 amide bonds. The van der Waals surface area contributed by atoms with Crippen molar-refractivity contribution >= 4 is 9.84 Å². The Morgan fingerprint density at radius 1 is 1.14 bits per heavy atom. The fraction of sp³-hybridized carbons (Fsp3) is 0.667.